The van der Waals surface area contributed by atoms with Crippen molar-refractivity contribution in [2.75, 3.05) is 0 Å². The molecule has 0 bridgehead atoms. The van der Waals surface area contributed by atoms with E-state index in [-0.39, 0.29) is 28.1 Å². The van der Waals surface area contributed by atoms with Crippen LogP contribution < -0.4 is 5.56 Å². The van der Waals surface area contributed by atoms with Gasteiger partial charge in [-0.25, -0.2) is 9.78 Å². The fourth-order valence-electron chi connectivity index (χ4n) is 1.47. The highest BCUT2D eigenvalue weighted by atomic mass is 16.4. The van der Waals surface area contributed by atoms with Crippen LogP contribution in [0.25, 0.3) is 11.0 Å². The van der Waals surface area contributed by atoms with Crippen LogP contribution in [0.15, 0.2) is 11.0 Å². The van der Waals surface area contributed by atoms with Gasteiger partial charge in [0.05, 0.1) is 0 Å². The van der Waals surface area contributed by atoms with E-state index in [1.54, 1.807) is 0 Å². The van der Waals surface area contributed by atoms with Crippen LogP contribution >= 0.6 is 0 Å². The van der Waals surface area contributed by atoms with Crippen molar-refractivity contribution >= 4 is 17.0 Å². The molecule has 6 heteroatoms. The number of carbonyl (C=O) groups is 1. The molecule has 2 rings (SSSR count). The lowest BCUT2D eigenvalue weighted by Crippen LogP contribution is -2.09. The number of imidazole rings is 1. The van der Waals surface area contributed by atoms with Gasteiger partial charge in [0.1, 0.15) is 22.4 Å². The SMILES string of the molecule is CC(C)c1nc2c(C(=O)O)c[nH]c(=O)c2[nH]1. The number of pyridine rings is 1. The van der Waals surface area contributed by atoms with Gasteiger partial charge in [-0.15, -0.1) is 0 Å². The number of nitrogens with one attached hydrogen (secondary N) is 2. The first-order valence-electron chi connectivity index (χ1n) is 4.85. The molecule has 0 unspecified atom stereocenters. The van der Waals surface area contributed by atoms with Crippen molar-refractivity contribution in [3.05, 3.63) is 27.9 Å². The number of carboxylic acid groups (broad SMARTS) is 1. The molecule has 0 atom stereocenters. The van der Waals surface area contributed by atoms with E-state index in [9.17, 15) is 9.59 Å². The van der Waals surface area contributed by atoms with Gasteiger partial charge in [-0.1, -0.05) is 13.8 Å². The second-order valence-corrected chi connectivity index (χ2v) is 3.84. The first-order chi connectivity index (χ1) is 7.50. The van der Waals surface area contributed by atoms with Crippen molar-refractivity contribution in [1.29, 1.82) is 0 Å². The van der Waals surface area contributed by atoms with E-state index in [4.69, 9.17) is 5.11 Å². The second-order valence-electron chi connectivity index (χ2n) is 3.84. The minimum absolute atomic E-state index is 0.00208. The van der Waals surface area contributed by atoms with Crippen molar-refractivity contribution in [3.8, 4) is 0 Å². The van der Waals surface area contributed by atoms with Crippen LogP contribution in [0, 0.1) is 0 Å². The van der Waals surface area contributed by atoms with E-state index in [0.29, 0.717) is 5.82 Å². The summed E-state index contributed by atoms with van der Waals surface area (Å²) in [5.74, 6) is -0.397. The largest absolute Gasteiger partial charge is 0.478 e. The first-order valence-corrected chi connectivity index (χ1v) is 4.85. The van der Waals surface area contributed by atoms with Gasteiger partial charge in [0.15, 0.2) is 0 Å². The number of aromatic amines is 2. The van der Waals surface area contributed by atoms with Crippen molar-refractivity contribution in [2.24, 2.45) is 0 Å². The maximum Gasteiger partial charge on any atom is 0.339 e. The Morgan fingerprint density at radius 3 is 2.75 bits per heavy atom. The van der Waals surface area contributed by atoms with Crippen LogP contribution in [0.2, 0.25) is 0 Å². The molecule has 0 aliphatic heterocycles. The van der Waals surface area contributed by atoms with Crippen LogP contribution in [-0.4, -0.2) is 26.0 Å². The maximum absolute atomic E-state index is 11.5. The Balaban J connectivity index is 2.83. The van der Waals surface area contributed by atoms with E-state index in [1.807, 2.05) is 13.8 Å². The van der Waals surface area contributed by atoms with Crippen molar-refractivity contribution in [3.63, 3.8) is 0 Å². The van der Waals surface area contributed by atoms with Gasteiger partial charge in [0.25, 0.3) is 5.56 Å². The second kappa shape index (κ2) is 3.48. The minimum atomic E-state index is -1.11. The molecule has 0 spiro atoms. The lowest BCUT2D eigenvalue weighted by molar-refractivity contribution is 0.0698. The highest BCUT2D eigenvalue weighted by Gasteiger charge is 2.16. The number of hydrogen-bond donors (Lipinski definition) is 3. The number of nitrogens with zero attached hydrogens (tertiary/aromatic N) is 1. The number of aromatic nitrogens is 3. The van der Waals surface area contributed by atoms with E-state index in [0.717, 1.165) is 6.20 Å². The quantitative estimate of drug-likeness (QED) is 0.706. The van der Waals surface area contributed by atoms with Gasteiger partial charge in [-0.3, -0.25) is 4.79 Å². The molecule has 6 nitrogen and oxygen atoms in total. The molecule has 2 heterocycles. The van der Waals surface area contributed by atoms with E-state index >= 15 is 0 Å². The predicted octanol–water partition coefficient (Wildman–Crippen LogP) is 1.07. The fraction of sp³-hybridized carbons (Fsp3) is 0.300. The molecule has 2 aromatic heterocycles. The smallest absolute Gasteiger partial charge is 0.339 e. The van der Waals surface area contributed by atoms with Crippen LogP contribution in [0.3, 0.4) is 0 Å². The Bertz CT molecular complexity index is 609. The Kier molecular flexibility index (Phi) is 2.26. The van der Waals surface area contributed by atoms with Gasteiger partial charge in [0.2, 0.25) is 0 Å². The molecule has 0 radical (unpaired) electrons. The Hall–Kier alpha value is -2.11. The summed E-state index contributed by atoms with van der Waals surface area (Å²) in [7, 11) is 0. The van der Waals surface area contributed by atoms with E-state index in [2.05, 4.69) is 15.0 Å². The first kappa shape index (κ1) is 10.4. The fourth-order valence-corrected chi connectivity index (χ4v) is 1.47. The summed E-state index contributed by atoms with van der Waals surface area (Å²) in [6, 6.07) is 0. The average molecular weight is 221 g/mol. The number of aromatic carboxylic acids is 1. The summed E-state index contributed by atoms with van der Waals surface area (Å²) >= 11 is 0. The summed E-state index contributed by atoms with van der Waals surface area (Å²) in [5, 5.41) is 8.95. The maximum atomic E-state index is 11.5. The summed E-state index contributed by atoms with van der Waals surface area (Å²) in [4.78, 5) is 31.7. The monoisotopic (exact) mass is 221 g/mol. The van der Waals surface area contributed by atoms with E-state index < -0.39 is 5.97 Å². The number of fused-ring (bicyclic) bond motifs is 1. The molecule has 0 aliphatic rings. The Morgan fingerprint density at radius 1 is 1.50 bits per heavy atom. The summed E-state index contributed by atoms with van der Waals surface area (Å²) in [5.41, 5.74) is 0.0562. The molecule has 3 N–H and O–H groups in total. The number of H-pyrrole nitrogens is 2. The van der Waals surface area contributed by atoms with E-state index in [1.165, 1.54) is 0 Å². The number of rotatable bonds is 2. The Morgan fingerprint density at radius 2 is 2.19 bits per heavy atom. The van der Waals surface area contributed by atoms with Crippen molar-refractivity contribution in [2.45, 2.75) is 19.8 Å². The zero-order valence-electron chi connectivity index (χ0n) is 8.87. The summed E-state index contributed by atoms with van der Waals surface area (Å²) in [6.45, 7) is 3.82. The molecule has 0 saturated carbocycles. The number of carboxylic acids is 1. The molecule has 0 fully saturated rings. The van der Waals surface area contributed by atoms with Crippen LogP contribution in [0.1, 0.15) is 35.9 Å². The number of hydrogen-bond acceptors (Lipinski definition) is 3. The molecule has 84 valence electrons. The Labute approximate surface area is 90.3 Å². The predicted molar refractivity (Wildman–Crippen MR) is 57.8 cm³/mol. The topological polar surface area (TPSA) is 98.8 Å². The molecule has 0 saturated heterocycles. The standard InChI is InChI=1S/C10H11N3O3/c1-4(2)8-12-6-5(10(15)16)3-11-9(14)7(6)13-8/h3-4H,1-2H3,(H,11,14)(H,12,13)(H,15,16). The van der Waals surface area contributed by atoms with Gasteiger partial charge in [-0.05, 0) is 0 Å². The van der Waals surface area contributed by atoms with Gasteiger partial charge in [0, 0.05) is 12.1 Å². The van der Waals surface area contributed by atoms with Crippen LogP contribution in [0.4, 0.5) is 0 Å². The molecule has 16 heavy (non-hydrogen) atoms. The average Bonchev–Trinajstić information content (AvgIpc) is 2.62. The third-order valence-electron chi connectivity index (χ3n) is 2.33. The third-order valence-corrected chi connectivity index (χ3v) is 2.33. The van der Waals surface area contributed by atoms with Crippen LogP contribution in [0.5, 0.6) is 0 Å². The van der Waals surface area contributed by atoms with Crippen molar-refractivity contribution in [1.82, 2.24) is 15.0 Å². The molecular weight excluding hydrogens is 210 g/mol. The highest BCUT2D eigenvalue weighted by molar-refractivity contribution is 6.00. The lowest BCUT2D eigenvalue weighted by Gasteiger charge is -1.95. The molecule has 0 amide bonds. The molecule has 0 aromatic carbocycles. The molecule has 2 aromatic rings. The molecule has 0 aliphatic carbocycles. The molecular formula is C10H11N3O3. The summed E-state index contributed by atoms with van der Waals surface area (Å²) < 4.78 is 0. The zero-order chi connectivity index (χ0) is 11.9. The normalized spacial score (nSPS) is 11.2. The zero-order valence-corrected chi connectivity index (χ0v) is 8.87. The highest BCUT2D eigenvalue weighted by Crippen LogP contribution is 2.17. The third kappa shape index (κ3) is 1.48. The minimum Gasteiger partial charge on any atom is -0.478 e. The van der Waals surface area contributed by atoms with Crippen molar-refractivity contribution < 1.29 is 9.90 Å². The lowest BCUT2D eigenvalue weighted by atomic mass is 10.2. The van der Waals surface area contributed by atoms with Gasteiger partial charge in [-0.2, -0.15) is 0 Å². The summed E-state index contributed by atoms with van der Waals surface area (Å²) in [6.07, 6.45) is 1.16. The van der Waals surface area contributed by atoms with Crippen LogP contribution in [-0.2, 0) is 0 Å². The van der Waals surface area contributed by atoms with Gasteiger partial charge < -0.3 is 15.1 Å². The van der Waals surface area contributed by atoms with Gasteiger partial charge >= 0.3 is 5.97 Å².